The Kier molecular flexibility index (Phi) is 5.29. The van der Waals surface area contributed by atoms with Crippen LogP contribution < -0.4 is 10.0 Å². The van der Waals surface area contributed by atoms with Crippen LogP contribution in [-0.2, 0) is 21.4 Å². The first-order valence-corrected chi connectivity index (χ1v) is 10.8. The number of rotatable bonds is 7. The fourth-order valence-corrected chi connectivity index (χ4v) is 3.47. The van der Waals surface area contributed by atoms with E-state index in [1.807, 2.05) is 24.3 Å². The number of methoxy groups -OCH3 is 1. The fourth-order valence-electron chi connectivity index (χ4n) is 2.91. The van der Waals surface area contributed by atoms with Gasteiger partial charge in [-0.3, -0.25) is 4.72 Å². The van der Waals surface area contributed by atoms with E-state index in [1.165, 1.54) is 0 Å². The molecule has 0 spiro atoms. The third-order valence-electron chi connectivity index (χ3n) is 4.08. The number of sulfonamides is 1. The molecule has 10 nitrogen and oxygen atoms in total. The van der Waals surface area contributed by atoms with Gasteiger partial charge < -0.3 is 10.1 Å². The molecule has 0 saturated heterocycles. The van der Waals surface area contributed by atoms with Gasteiger partial charge in [0.05, 0.1) is 30.4 Å². The number of fused-ring (bicyclic) bond motifs is 1. The summed E-state index contributed by atoms with van der Waals surface area (Å²) in [6.07, 6.45) is 2.67. The Hall–Kier alpha value is -3.57. The maximum absolute atomic E-state index is 11.4. The van der Waals surface area contributed by atoms with Crippen molar-refractivity contribution in [1.82, 2.24) is 25.0 Å². The van der Waals surface area contributed by atoms with Gasteiger partial charge in [0.25, 0.3) is 0 Å². The van der Waals surface area contributed by atoms with Crippen molar-refractivity contribution in [3.63, 3.8) is 0 Å². The van der Waals surface area contributed by atoms with Crippen molar-refractivity contribution in [2.24, 2.45) is 0 Å². The van der Waals surface area contributed by atoms with Crippen molar-refractivity contribution in [2.75, 3.05) is 23.4 Å². The molecule has 2 heterocycles. The number of anilines is 3. The Morgan fingerprint density at radius 2 is 1.90 bits per heavy atom. The third kappa shape index (κ3) is 4.53. The number of aromatic nitrogens is 5. The van der Waals surface area contributed by atoms with E-state index in [4.69, 9.17) is 4.74 Å². The van der Waals surface area contributed by atoms with Crippen molar-refractivity contribution < 1.29 is 13.2 Å². The molecule has 0 atom stereocenters. The lowest BCUT2D eigenvalue weighted by molar-refractivity contribution is 0.185. The number of hydrogen-bond acceptors (Lipinski definition) is 8. The van der Waals surface area contributed by atoms with Gasteiger partial charge in [0.15, 0.2) is 11.2 Å². The van der Waals surface area contributed by atoms with Crippen molar-refractivity contribution in [2.45, 2.75) is 6.61 Å². The molecule has 0 radical (unpaired) electrons. The molecular weight excluding hydrogens is 406 g/mol. The molecule has 4 rings (SSSR count). The van der Waals surface area contributed by atoms with Gasteiger partial charge in [-0.15, -0.1) is 5.10 Å². The summed E-state index contributed by atoms with van der Waals surface area (Å²) < 4.78 is 32.1. The molecule has 0 aliphatic carbocycles. The van der Waals surface area contributed by atoms with Crippen LogP contribution in [0.4, 0.5) is 17.3 Å². The minimum atomic E-state index is -3.37. The molecule has 0 aliphatic rings. The van der Waals surface area contributed by atoms with Crippen LogP contribution >= 0.6 is 0 Å². The maximum Gasteiger partial charge on any atom is 0.229 e. The highest BCUT2D eigenvalue weighted by Crippen LogP contribution is 2.21. The Balaban J connectivity index is 1.65. The number of ether oxygens (including phenoxy) is 1. The lowest BCUT2D eigenvalue weighted by Gasteiger charge is -2.08. The zero-order valence-corrected chi connectivity index (χ0v) is 17.1. The number of nitrogens with zero attached hydrogens (tertiary/aromatic N) is 5. The first kappa shape index (κ1) is 19.7. The summed E-state index contributed by atoms with van der Waals surface area (Å²) in [5, 5.41) is 11.4. The number of hydrogen-bond donors (Lipinski definition) is 2. The summed E-state index contributed by atoms with van der Waals surface area (Å²) in [7, 11) is -1.73. The molecule has 30 heavy (non-hydrogen) atoms. The van der Waals surface area contributed by atoms with Gasteiger partial charge in [-0.25, -0.2) is 13.4 Å². The third-order valence-corrected chi connectivity index (χ3v) is 4.69. The summed E-state index contributed by atoms with van der Waals surface area (Å²) in [5.41, 5.74) is 3.95. The average molecular weight is 425 g/mol. The zero-order chi connectivity index (χ0) is 21.1. The highest BCUT2D eigenvalue weighted by Gasteiger charge is 2.11. The SMILES string of the molecule is COCc1cccc(-n2nnc3cnc(Nc4cccc(NS(C)(=O)=O)c4)nc32)c1. The second kappa shape index (κ2) is 8.05. The molecule has 0 amide bonds. The van der Waals surface area contributed by atoms with E-state index in [1.54, 1.807) is 42.3 Å². The van der Waals surface area contributed by atoms with Crippen LogP contribution in [-0.4, -0.2) is 46.7 Å². The molecule has 0 fully saturated rings. The Morgan fingerprint density at radius 3 is 2.70 bits per heavy atom. The minimum absolute atomic E-state index is 0.329. The largest absolute Gasteiger partial charge is 0.380 e. The Bertz CT molecular complexity index is 1300. The van der Waals surface area contributed by atoms with E-state index in [0.29, 0.717) is 35.1 Å². The Labute approximate surface area is 173 Å². The highest BCUT2D eigenvalue weighted by atomic mass is 32.2. The fraction of sp³-hybridized carbons (Fsp3) is 0.158. The van der Waals surface area contributed by atoms with Gasteiger partial charge >= 0.3 is 0 Å². The lowest BCUT2D eigenvalue weighted by Crippen LogP contribution is -2.09. The van der Waals surface area contributed by atoms with E-state index < -0.39 is 10.0 Å². The van der Waals surface area contributed by atoms with Gasteiger partial charge in [0, 0.05) is 12.8 Å². The highest BCUT2D eigenvalue weighted by molar-refractivity contribution is 7.92. The minimum Gasteiger partial charge on any atom is -0.380 e. The average Bonchev–Trinajstić information content (AvgIpc) is 3.11. The normalized spacial score (nSPS) is 11.5. The zero-order valence-electron chi connectivity index (χ0n) is 16.3. The predicted octanol–water partition coefficient (Wildman–Crippen LogP) is 2.47. The molecule has 0 saturated carbocycles. The van der Waals surface area contributed by atoms with Crippen molar-refractivity contribution in [1.29, 1.82) is 0 Å². The van der Waals surface area contributed by atoms with Crippen molar-refractivity contribution >= 4 is 38.5 Å². The van der Waals surface area contributed by atoms with Crippen LogP contribution in [0.25, 0.3) is 16.9 Å². The molecular formula is C19H19N7O3S. The van der Waals surface area contributed by atoms with E-state index in [2.05, 4.69) is 30.3 Å². The summed E-state index contributed by atoms with van der Waals surface area (Å²) >= 11 is 0. The standard InChI is InChI=1S/C19H19N7O3S/c1-29-12-13-5-3-8-16(9-13)26-18-17(23-25-26)11-20-19(22-18)21-14-6-4-7-15(10-14)24-30(2,27)28/h3-11,24H,12H2,1-2H3,(H,20,21,22). The molecule has 0 aliphatic heterocycles. The first-order chi connectivity index (χ1) is 14.4. The summed E-state index contributed by atoms with van der Waals surface area (Å²) in [6.45, 7) is 0.486. The molecule has 0 unspecified atom stereocenters. The van der Waals surface area contributed by atoms with E-state index >= 15 is 0 Å². The second-order valence-corrected chi connectivity index (χ2v) is 8.34. The summed E-state index contributed by atoms with van der Waals surface area (Å²) in [6, 6.07) is 14.5. The number of benzene rings is 2. The summed E-state index contributed by atoms with van der Waals surface area (Å²) in [5.74, 6) is 0.329. The molecule has 4 aromatic rings. The van der Waals surface area contributed by atoms with Crippen molar-refractivity contribution in [3.05, 3.63) is 60.3 Å². The summed E-state index contributed by atoms with van der Waals surface area (Å²) in [4.78, 5) is 8.80. The number of nitrogens with one attached hydrogen (secondary N) is 2. The van der Waals surface area contributed by atoms with Gasteiger partial charge in [-0.2, -0.15) is 9.67 Å². The molecule has 0 bridgehead atoms. The molecule has 2 N–H and O–H groups in total. The molecule has 2 aromatic carbocycles. The van der Waals surface area contributed by atoms with Crippen LogP contribution in [0.5, 0.6) is 0 Å². The van der Waals surface area contributed by atoms with Crippen LogP contribution in [0.15, 0.2) is 54.7 Å². The molecule has 154 valence electrons. The van der Waals surface area contributed by atoms with Gasteiger partial charge in [0.1, 0.15) is 0 Å². The molecule has 2 aromatic heterocycles. The molecule has 11 heteroatoms. The van der Waals surface area contributed by atoms with Crippen LogP contribution in [0.1, 0.15) is 5.56 Å². The van der Waals surface area contributed by atoms with E-state index in [9.17, 15) is 8.42 Å². The monoisotopic (exact) mass is 425 g/mol. The van der Waals surface area contributed by atoms with Crippen LogP contribution in [0, 0.1) is 0 Å². The second-order valence-electron chi connectivity index (χ2n) is 6.59. The van der Waals surface area contributed by atoms with Gasteiger partial charge in [-0.1, -0.05) is 23.4 Å². The van der Waals surface area contributed by atoms with Crippen LogP contribution in [0.2, 0.25) is 0 Å². The van der Waals surface area contributed by atoms with Crippen LogP contribution in [0.3, 0.4) is 0 Å². The quantitative estimate of drug-likeness (QED) is 0.463. The van der Waals surface area contributed by atoms with Gasteiger partial charge in [-0.05, 0) is 35.9 Å². The maximum atomic E-state index is 11.4. The van der Waals surface area contributed by atoms with Crippen molar-refractivity contribution in [3.8, 4) is 5.69 Å². The smallest absolute Gasteiger partial charge is 0.229 e. The van der Waals surface area contributed by atoms with E-state index in [0.717, 1.165) is 17.5 Å². The van der Waals surface area contributed by atoms with E-state index in [-0.39, 0.29) is 0 Å². The van der Waals surface area contributed by atoms with Gasteiger partial charge in [0.2, 0.25) is 16.0 Å². The predicted molar refractivity (Wildman–Crippen MR) is 113 cm³/mol. The Morgan fingerprint density at radius 1 is 1.10 bits per heavy atom. The lowest BCUT2D eigenvalue weighted by atomic mass is 10.2. The first-order valence-electron chi connectivity index (χ1n) is 8.93. The topological polar surface area (TPSA) is 124 Å².